The minimum absolute atomic E-state index is 0. The maximum absolute atomic E-state index is 6.11. The van der Waals surface area contributed by atoms with Gasteiger partial charge in [0.15, 0.2) is 5.96 Å². The van der Waals surface area contributed by atoms with Gasteiger partial charge in [-0.2, -0.15) is 0 Å². The molecular formula is C24H42IN5O. The Morgan fingerprint density at radius 2 is 2.00 bits per heavy atom. The average molecular weight is 544 g/mol. The van der Waals surface area contributed by atoms with Gasteiger partial charge in [-0.15, -0.1) is 24.0 Å². The highest BCUT2D eigenvalue weighted by Crippen LogP contribution is 2.42. The van der Waals surface area contributed by atoms with Crippen LogP contribution in [-0.4, -0.2) is 60.3 Å². The molecule has 0 bridgehead atoms. The topological polar surface area (TPSA) is 61.8 Å². The molecule has 2 aliphatic rings. The Labute approximate surface area is 206 Å². The highest BCUT2D eigenvalue weighted by atomic mass is 127. The maximum Gasteiger partial charge on any atom is 0.191 e. The van der Waals surface area contributed by atoms with Crippen LogP contribution in [0, 0.1) is 5.41 Å². The maximum atomic E-state index is 6.11. The van der Waals surface area contributed by atoms with E-state index >= 15 is 0 Å². The zero-order valence-corrected chi connectivity index (χ0v) is 22.1. The van der Waals surface area contributed by atoms with Crippen LogP contribution in [0.2, 0.25) is 0 Å². The Morgan fingerprint density at radius 1 is 1.23 bits per heavy atom. The minimum atomic E-state index is 0. The van der Waals surface area contributed by atoms with Crippen LogP contribution >= 0.6 is 24.0 Å². The van der Waals surface area contributed by atoms with Gasteiger partial charge in [-0.25, -0.2) is 0 Å². The van der Waals surface area contributed by atoms with Gasteiger partial charge >= 0.3 is 0 Å². The fourth-order valence-corrected chi connectivity index (χ4v) is 4.39. The molecule has 31 heavy (non-hydrogen) atoms. The van der Waals surface area contributed by atoms with Gasteiger partial charge in [0.2, 0.25) is 0 Å². The van der Waals surface area contributed by atoms with Crippen molar-refractivity contribution in [2.75, 3.05) is 26.2 Å². The lowest BCUT2D eigenvalue weighted by Gasteiger charge is -2.52. The second-order valence-electron chi connectivity index (χ2n) is 9.31. The van der Waals surface area contributed by atoms with E-state index in [1.165, 1.54) is 6.42 Å². The van der Waals surface area contributed by atoms with Crippen molar-refractivity contribution >= 4 is 29.9 Å². The number of guanidine groups is 1. The van der Waals surface area contributed by atoms with E-state index in [2.05, 4.69) is 60.3 Å². The first-order valence-corrected chi connectivity index (χ1v) is 11.8. The Morgan fingerprint density at radius 3 is 2.61 bits per heavy atom. The van der Waals surface area contributed by atoms with Crippen LogP contribution in [0.1, 0.15) is 65.5 Å². The highest BCUT2D eigenvalue weighted by molar-refractivity contribution is 14.0. The molecule has 0 amide bonds. The van der Waals surface area contributed by atoms with E-state index in [4.69, 9.17) is 9.73 Å². The number of rotatable bonds is 9. The number of unbranched alkanes of at least 4 members (excludes halogenated alkanes) is 1. The summed E-state index contributed by atoms with van der Waals surface area (Å²) in [4.78, 5) is 11.7. The number of likely N-dealkylation sites (tertiary alicyclic amines) is 1. The molecule has 7 heteroatoms. The molecule has 2 N–H and O–H groups in total. The molecule has 1 aliphatic heterocycles. The van der Waals surface area contributed by atoms with E-state index in [1.807, 2.05) is 12.3 Å². The van der Waals surface area contributed by atoms with Crippen molar-refractivity contribution in [1.29, 1.82) is 0 Å². The Bertz CT molecular complexity index is 661. The van der Waals surface area contributed by atoms with E-state index in [0.717, 1.165) is 70.1 Å². The number of hydrogen-bond acceptors (Lipinski definition) is 4. The number of piperidine rings is 1. The average Bonchev–Trinajstić information content (AvgIpc) is 2.75. The van der Waals surface area contributed by atoms with Gasteiger partial charge in [-0.3, -0.25) is 14.9 Å². The van der Waals surface area contributed by atoms with Crippen molar-refractivity contribution in [2.24, 2.45) is 10.4 Å². The minimum Gasteiger partial charge on any atom is -0.378 e. The summed E-state index contributed by atoms with van der Waals surface area (Å²) in [6.07, 6.45) is 7.88. The summed E-state index contributed by atoms with van der Waals surface area (Å²) < 4.78 is 6.11. The molecule has 3 rings (SSSR count). The van der Waals surface area contributed by atoms with Crippen molar-refractivity contribution in [1.82, 2.24) is 20.5 Å². The molecule has 2 atom stereocenters. The first-order chi connectivity index (χ1) is 14.5. The molecule has 1 saturated heterocycles. The van der Waals surface area contributed by atoms with Crippen LogP contribution in [0.15, 0.2) is 29.4 Å². The largest absolute Gasteiger partial charge is 0.378 e. The summed E-state index contributed by atoms with van der Waals surface area (Å²) in [7, 11) is 0. The third kappa shape index (κ3) is 7.56. The summed E-state index contributed by atoms with van der Waals surface area (Å²) >= 11 is 0. The molecule has 1 saturated carbocycles. The molecular weight excluding hydrogens is 501 g/mol. The molecule has 1 aromatic rings. The summed E-state index contributed by atoms with van der Waals surface area (Å²) in [5.74, 6) is 0.964. The van der Waals surface area contributed by atoms with Gasteiger partial charge in [-0.1, -0.05) is 33.3 Å². The lowest BCUT2D eigenvalue weighted by molar-refractivity contribution is -0.113. The van der Waals surface area contributed by atoms with Crippen LogP contribution in [-0.2, 0) is 11.3 Å². The number of nitrogens with zero attached hydrogens (tertiary/aromatic N) is 3. The van der Waals surface area contributed by atoms with Crippen LogP contribution in [0.4, 0.5) is 0 Å². The van der Waals surface area contributed by atoms with Crippen molar-refractivity contribution in [3.63, 3.8) is 0 Å². The fraction of sp³-hybridized carbons (Fsp3) is 0.750. The third-order valence-corrected chi connectivity index (χ3v) is 6.66. The van der Waals surface area contributed by atoms with Gasteiger partial charge in [0.25, 0.3) is 0 Å². The molecule has 1 aromatic heterocycles. The Balaban J connectivity index is 0.00000341. The number of halogens is 1. The molecule has 1 aliphatic carbocycles. The number of ether oxygens (including phenoxy) is 1. The molecule has 2 unspecified atom stereocenters. The van der Waals surface area contributed by atoms with E-state index in [0.29, 0.717) is 18.2 Å². The number of pyridine rings is 1. The standard InChI is InChI=1S/C24H41N5O.HI/c1-5-7-16-30-22-17-21(24(22,3)4)28-23(25-6-2)27-19-11-14-29(15-12-19)18-20-10-8-9-13-26-20;/h8-10,13,19,21-22H,5-7,11-12,14-18H2,1-4H3,(H2,25,27,28);1H. The predicted molar refractivity (Wildman–Crippen MR) is 139 cm³/mol. The van der Waals surface area contributed by atoms with E-state index in [-0.39, 0.29) is 29.4 Å². The predicted octanol–water partition coefficient (Wildman–Crippen LogP) is 4.20. The molecule has 2 heterocycles. The number of hydrogen-bond donors (Lipinski definition) is 2. The molecule has 6 nitrogen and oxygen atoms in total. The van der Waals surface area contributed by atoms with Crippen LogP contribution in [0.5, 0.6) is 0 Å². The second kappa shape index (κ2) is 12.9. The molecule has 0 spiro atoms. The van der Waals surface area contributed by atoms with Crippen molar-refractivity contribution in [3.8, 4) is 0 Å². The van der Waals surface area contributed by atoms with E-state index in [9.17, 15) is 0 Å². The smallest absolute Gasteiger partial charge is 0.191 e. The second-order valence-corrected chi connectivity index (χ2v) is 9.31. The fourth-order valence-electron chi connectivity index (χ4n) is 4.39. The molecule has 0 aromatic carbocycles. The normalized spacial score (nSPS) is 24.2. The zero-order valence-electron chi connectivity index (χ0n) is 19.8. The van der Waals surface area contributed by atoms with Gasteiger partial charge in [0.1, 0.15) is 0 Å². The lowest BCUT2D eigenvalue weighted by Crippen LogP contribution is -2.64. The summed E-state index contributed by atoms with van der Waals surface area (Å²) in [5, 5.41) is 7.40. The van der Waals surface area contributed by atoms with Crippen molar-refractivity contribution in [2.45, 2.75) is 84.5 Å². The van der Waals surface area contributed by atoms with Crippen LogP contribution < -0.4 is 10.6 Å². The summed E-state index contributed by atoms with van der Waals surface area (Å²) in [6, 6.07) is 7.04. The van der Waals surface area contributed by atoms with Gasteiger partial charge in [-0.05, 0) is 44.7 Å². The summed E-state index contributed by atoms with van der Waals surface area (Å²) in [5.41, 5.74) is 1.29. The quantitative estimate of drug-likeness (QED) is 0.212. The first-order valence-electron chi connectivity index (χ1n) is 11.8. The lowest BCUT2D eigenvalue weighted by atomic mass is 9.64. The number of nitrogens with one attached hydrogen (secondary N) is 2. The summed E-state index contributed by atoms with van der Waals surface area (Å²) in [6.45, 7) is 13.7. The molecule has 0 radical (unpaired) electrons. The van der Waals surface area contributed by atoms with E-state index in [1.54, 1.807) is 0 Å². The van der Waals surface area contributed by atoms with Crippen molar-refractivity contribution < 1.29 is 4.74 Å². The Kier molecular flexibility index (Phi) is 11.0. The van der Waals surface area contributed by atoms with Crippen LogP contribution in [0.3, 0.4) is 0 Å². The Hall–Kier alpha value is -0.930. The zero-order chi connectivity index (χ0) is 21.4. The number of aromatic nitrogens is 1. The molecule has 2 fully saturated rings. The van der Waals surface area contributed by atoms with Gasteiger partial charge in [0, 0.05) is 56.5 Å². The molecule has 176 valence electrons. The van der Waals surface area contributed by atoms with Crippen molar-refractivity contribution in [3.05, 3.63) is 30.1 Å². The van der Waals surface area contributed by atoms with E-state index < -0.39 is 0 Å². The van der Waals surface area contributed by atoms with Gasteiger partial charge in [0.05, 0.1) is 11.8 Å². The van der Waals surface area contributed by atoms with Gasteiger partial charge < -0.3 is 15.4 Å². The SMILES string of the molecule is CCCCOC1CC(NC(=NCC)NC2CCN(Cc3ccccn3)CC2)C1(C)C.I. The highest BCUT2D eigenvalue weighted by Gasteiger charge is 2.49. The third-order valence-electron chi connectivity index (χ3n) is 6.66. The number of aliphatic imine (C=N–C) groups is 1. The first kappa shape index (κ1) is 26.3. The van der Waals surface area contributed by atoms with Crippen LogP contribution in [0.25, 0.3) is 0 Å². The monoisotopic (exact) mass is 543 g/mol.